The van der Waals surface area contributed by atoms with Crippen LogP contribution in [0.5, 0.6) is 5.75 Å². The van der Waals surface area contributed by atoms with Crippen molar-refractivity contribution in [3.63, 3.8) is 0 Å². The summed E-state index contributed by atoms with van der Waals surface area (Å²) >= 11 is 0. The normalized spacial score (nSPS) is 29.9. The van der Waals surface area contributed by atoms with E-state index in [1.165, 1.54) is 0 Å². The molecule has 1 spiro atoms. The zero-order chi connectivity index (χ0) is 26.6. The maximum atomic E-state index is 13.9. The lowest BCUT2D eigenvalue weighted by Crippen LogP contribution is -2.55. The van der Waals surface area contributed by atoms with Crippen molar-refractivity contribution < 1.29 is 29.0 Å². The summed E-state index contributed by atoms with van der Waals surface area (Å²) in [7, 11) is 0. The first-order valence-electron chi connectivity index (χ1n) is 13.7. The molecule has 3 heterocycles. The second kappa shape index (κ2) is 11.4. The third-order valence-electron chi connectivity index (χ3n) is 8.13. The quantitative estimate of drug-likeness (QED) is 0.348. The predicted molar refractivity (Wildman–Crippen MR) is 139 cm³/mol. The molecule has 0 saturated carbocycles. The van der Waals surface area contributed by atoms with Crippen molar-refractivity contribution in [2.75, 3.05) is 31.6 Å². The maximum Gasteiger partial charge on any atom is 0.245 e. The lowest BCUT2D eigenvalue weighted by Gasteiger charge is -2.33. The monoisotopic (exact) mass is 515 g/mol. The molecule has 9 nitrogen and oxygen atoms in total. The summed E-state index contributed by atoms with van der Waals surface area (Å²) in [6, 6.07) is 6.39. The van der Waals surface area contributed by atoms with E-state index in [-0.39, 0.29) is 24.3 Å². The summed E-state index contributed by atoms with van der Waals surface area (Å²) in [5.41, 5.74) is -1.21. The molecule has 9 heteroatoms. The van der Waals surface area contributed by atoms with Crippen LogP contribution in [0.25, 0.3) is 0 Å². The molecule has 2 unspecified atom stereocenters. The summed E-state index contributed by atoms with van der Waals surface area (Å²) in [5.74, 6) is -1.35. The number of ether oxygens (including phenoxy) is 2. The fourth-order valence-corrected chi connectivity index (χ4v) is 6.44. The SMILES string of the molecule is CCCCNC(=O)C1N(CCCCCO)C(=O)[C@@H]2[C@H](C(=O)Nc3ccc(OCC)cc3)[C@]3(C)CCC12O3. The largest absolute Gasteiger partial charge is 0.494 e. The summed E-state index contributed by atoms with van der Waals surface area (Å²) in [5, 5.41) is 15.2. The molecule has 2 bridgehead atoms. The molecule has 0 radical (unpaired) electrons. The summed E-state index contributed by atoms with van der Waals surface area (Å²) in [6.45, 7) is 7.45. The van der Waals surface area contributed by atoms with E-state index >= 15 is 0 Å². The van der Waals surface area contributed by atoms with Crippen LogP contribution in [0.3, 0.4) is 0 Å². The number of nitrogens with one attached hydrogen (secondary N) is 2. The van der Waals surface area contributed by atoms with Crippen LogP contribution in [-0.2, 0) is 19.1 Å². The minimum atomic E-state index is -1.01. The van der Waals surface area contributed by atoms with Crippen LogP contribution in [0.15, 0.2) is 24.3 Å². The average molecular weight is 516 g/mol. The number of hydrogen-bond acceptors (Lipinski definition) is 6. The van der Waals surface area contributed by atoms with E-state index in [0.29, 0.717) is 51.1 Å². The highest BCUT2D eigenvalue weighted by Gasteiger charge is 2.77. The minimum absolute atomic E-state index is 0.0939. The second-order valence-electron chi connectivity index (χ2n) is 10.6. The van der Waals surface area contributed by atoms with Gasteiger partial charge in [0.15, 0.2) is 0 Å². The first kappa shape index (κ1) is 27.4. The van der Waals surface area contributed by atoms with Crippen molar-refractivity contribution in [2.24, 2.45) is 11.8 Å². The number of fused-ring (bicyclic) bond motifs is 1. The fraction of sp³-hybridized carbons (Fsp3) is 0.679. The molecule has 3 aliphatic heterocycles. The first-order chi connectivity index (χ1) is 17.8. The topological polar surface area (TPSA) is 117 Å². The number of amides is 3. The van der Waals surface area contributed by atoms with Gasteiger partial charge in [-0.2, -0.15) is 0 Å². The summed E-state index contributed by atoms with van der Waals surface area (Å²) in [6.07, 6.45) is 5.04. The van der Waals surface area contributed by atoms with Crippen LogP contribution in [0, 0.1) is 11.8 Å². The number of carbonyl (C=O) groups excluding carboxylic acids is 3. The van der Waals surface area contributed by atoms with Crippen molar-refractivity contribution in [3.8, 4) is 5.75 Å². The molecule has 3 saturated heterocycles. The Morgan fingerprint density at radius 2 is 1.86 bits per heavy atom. The molecular weight excluding hydrogens is 474 g/mol. The number of nitrogens with zero attached hydrogens (tertiary/aromatic N) is 1. The van der Waals surface area contributed by atoms with Gasteiger partial charge in [-0.05, 0) is 76.6 Å². The fourth-order valence-electron chi connectivity index (χ4n) is 6.44. The Labute approximate surface area is 219 Å². The first-order valence-corrected chi connectivity index (χ1v) is 13.7. The van der Waals surface area contributed by atoms with E-state index in [2.05, 4.69) is 17.6 Å². The molecule has 204 valence electrons. The summed E-state index contributed by atoms with van der Waals surface area (Å²) < 4.78 is 12.1. The van der Waals surface area contributed by atoms with Gasteiger partial charge in [0, 0.05) is 25.4 Å². The molecule has 1 aromatic rings. The van der Waals surface area contributed by atoms with Crippen LogP contribution in [0.4, 0.5) is 5.69 Å². The van der Waals surface area contributed by atoms with Gasteiger partial charge in [-0.3, -0.25) is 14.4 Å². The van der Waals surface area contributed by atoms with E-state index in [0.717, 1.165) is 25.0 Å². The number of anilines is 1. The zero-order valence-corrected chi connectivity index (χ0v) is 22.3. The van der Waals surface area contributed by atoms with Gasteiger partial charge < -0.3 is 30.1 Å². The van der Waals surface area contributed by atoms with Gasteiger partial charge in [-0.15, -0.1) is 0 Å². The molecule has 3 amide bonds. The average Bonchev–Trinajstić information content (AvgIpc) is 3.44. The van der Waals surface area contributed by atoms with Gasteiger partial charge in [0.2, 0.25) is 17.7 Å². The molecule has 0 aromatic heterocycles. The van der Waals surface area contributed by atoms with Crippen molar-refractivity contribution in [1.82, 2.24) is 10.2 Å². The molecule has 3 fully saturated rings. The number of rotatable bonds is 13. The number of carbonyl (C=O) groups is 3. The number of likely N-dealkylation sites (tertiary alicyclic amines) is 1. The lowest BCUT2D eigenvalue weighted by atomic mass is 9.66. The van der Waals surface area contributed by atoms with Crippen molar-refractivity contribution in [2.45, 2.75) is 83.0 Å². The van der Waals surface area contributed by atoms with Crippen LogP contribution in [0.1, 0.15) is 65.7 Å². The number of aliphatic hydroxyl groups is 1. The van der Waals surface area contributed by atoms with E-state index < -0.39 is 29.1 Å². The molecule has 3 aliphatic rings. The number of aliphatic hydroxyl groups excluding tert-OH is 1. The Kier molecular flexibility index (Phi) is 8.43. The smallest absolute Gasteiger partial charge is 0.245 e. The lowest BCUT2D eigenvalue weighted by molar-refractivity contribution is -0.145. The number of unbranched alkanes of at least 4 members (excludes halogenated alkanes) is 3. The molecule has 0 aliphatic carbocycles. The molecule has 1 aromatic carbocycles. The van der Waals surface area contributed by atoms with Crippen LogP contribution in [-0.4, -0.2) is 71.3 Å². The minimum Gasteiger partial charge on any atom is -0.494 e. The Morgan fingerprint density at radius 1 is 1.11 bits per heavy atom. The van der Waals surface area contributed by atoms with Gasteiger partial charge in [-0.25, -0.2) is 0 Å². The van der Waals surface area contributed by atoms with Crippen molar-refractivity contribution in [1.29, 1.82) is 0 Å². The van der Waals surface area contributed by atoms with Gasteiger partial charge in [0.1, 0.15) is 17.4 Å². The van der Waals surface area contributed by atoms with E-state index in [9.17, 15) is 14.4 Å². The Bertz CT molecular complexity index is 985. The van der Waals surface area contributed by atoms with Crippen LogP contribution in [0.2, 0.25) is 0 Å². The summed E-state index contributed by atoms with van der Waals surface area (Å²) in [4.78, 5) is 42.8. The van der Waals surface area contributed by atoms with Crippen molar-refractivity contribution >= 4 is 23.4 Å². The highest BCUT2D eigenvalue weighted by Crippen LogP contribution is 2.63. The van der Waals surface area contributed by atoms with Gasteiger partial charge in [-0.1, -0.05) is 13.3 Å². The van der Waals surface area contributed by atoms with Crippen LogP contribution < -0.4 is 15.4 Å². The molecule has 3 N–H and O–H groups in total. The zero-order valence-electron chi connectivity index (χ0n) is 22.3. The molecular formula is C28H41N3O6. The highest BCUT2D eigenvalue weighted by molar-refractivity contribution is 6.02. The highest BCUT2D eigenvalue weighted by atomic mass is 16.5. The standard InChI is InChI=1S/C28H41N3O6/c1-4-6-16-29-25(34)23-28-15-14-27(3,37-28)21(22(28)26(35)31(23)17-8-7-9-18-32)24(33)30-19-10-12-20(13-11-19)36-5-2/h10-13,21-23,32H,4-9,14-18H2,1-3H3,(H,29,34)(H,30,33)/t21-,22+,23?,27+,28?/m1/s1. The number of hydrogen-bond donors (Lipinski definition) is 3. The van der Waals surface area contributed by atoms with E-state index in [1.54, 1.807) is 29.2 Å². The third kappa shape index (κ3) is 5.08. The second-order valence-corrected chi connectivity index (χ2v) is 10.6. The molecule has 37 heavy (non-hydrogen) atoms. The van der Waals surface area contributed by atoms with E-state index in [4.69, 9.17) is 14.6 Å². The molecule has 4 rings (SSSR count). The number of benzene rings is 1. The Balaban J connectivity index is 1.59. The maximum absolute atomic E-state index is 13.9. The Morgan fingerprint density at radius 3 is 2.54 bits per heavy atom. The Hall–Kier alpha value is -2.65. The third-order valence-corrected chi connectivity index (χ3v) is 8.13. The molecule has 5 atom stereocenters. The van der Waals surface area contributed by atoms with Crippen LogP contribution >= 0.6 is 0 Å². The predicted octanol–water partition coefficient (Wildman–Crippen LogP) is 2.87. The van der Waals surface area contributed by atoms with Gasteiger partial charge >= 0.3 is 0 Å². The van der Waals surface area contributed by atoms with Gasteiger partial charge in [0.05, 0.1) is 24.0 Å². The van der Waals surface area contributed by atoms with Gasteiger partial charge in [0.25, 0.3) is 0 Å². The van der Waals surface area contributed by atoms with Crippen molar-refractivity contribution in [3.05, 3.63) is 24.3 Å². The van der Waals surface area contributed by atoms with E-state index in [1.807, 2.05) is 13.8 Å².